The summed E-state index contributed by atoms with van der Waals surface area (Å²) >= 11 is 0. The molecule has 4 aliphatic rings. The summed E-state index contributed by atoms with van der Waals surface area (Å²) in [5.41, 5.74) is 0.230. The fourth-order valence-corrected chi connectivity index (χ4v) is 8.16. The predicted octanol–water partition coefficient (Wildman–Crippen LogP) is 4.54. The van der Waals surface area contributed by atoms with Crippen LogP contribution >= 0.6 is 0 Å². The molecular formula is C38H51N5O6. The van der Waals surface area contributed by atoms with E-state index in [0.717, 1.165) is 24.9 Å². The molecule has 3 fully saturated rings. The van der Waals surface area contributed by atoms with Gasteiger partial charge in [-0.15, -0.1) is 0 Å². The van der Waals surface area contributed by atoms with Crippen molar-refractivity contribution in [2.24, 2.45) is 17.8 Å². The van der Waals surface area contributed by atoms with E-state index in [2.05, 4.69) is 50.8 Å². The first kappa shape index (κ1) is 34.7. The summed E-state index contributed by atoms with van der Waals surface area (Å²) in [4.78, 5) is 60.2. The summed E-state index contributed by atoms with van der Waals surface area (Å²) in [5, 5.41) is 18.4. The Bertz CT molecular complexity index is 1630. The lowest BCUT2D eigenvalue weighted by molar-refractivity contribution is -0.146. The lowest BCUT2D eigenvalue weighted by Gasteiger charge is -2.33. The van der Waals surface area contributed by atoms with E-state index in [1.165, 1.54) is 16.3 Å². The Labute approximate surface area is 289 Å². The van der Waals surface area contributed by atoms with Crippen molar-refractivity contribution in [3.63, 3.8) is 0 Å². The van der Waals surface area contributed by atoms with E-state index >= 15 is 0 Å². The maximum atomic E-state index is 14.4. The summed E-state index contributed by atoms with van der Waals surface area (Å²) < 4.78 is 5.52. The molecule has 2 aromatic rings. The van der Waals surface area contributed by atoms with E-state index < -0.39 is 41.2 Å². The molecule has 1 aliphatic carbocycles. The number of allylic oxidation sites excluding steroid dienone is 1. The molecule has 49 heavy (non-hydrogen) atoms. The van der Waals surface area contributed by atoms with Crippen LogP contribution in [0.2, 0.25) is 0 Å². The van der Waals surface area contributed by atoms with Crippen LogP contribution in [0.3, 0.4) is 0 Å². The first-order chi connectivity index (χ1) is 23.3. The third-order valence-corrected chi connectivity index (χ3v) is 10.6. The second kappa shape index (κ2) is 13.7. The smallest absolute Gasteiger partial charge is 0.408 e. The topological polar surface area (TPSA) is 132 Å². The van der Waals surface area contributed by atoms with Crippen LogP contribution < -0.4 is 15.5 Å². The maximum absolute atomic E-state index is 14.4. The van der Waals surface area contributed by atoms with Crippen LogP contribution in [0.25, 0.3) is 10.8 Å². The van der Waals surface area contributed by atoms with Gasteiger partial charge in [0.1, 0.15) is 23.2 Å². The van der Waals surface area contributed by atoms with Crippen molar-refractivity contribution in [3.05, 3.63) is 54.1 Å². The molecule has 0 unspecified atom stereocenters. The highest BCUT2D eigenvalue weighted by molar-refractivity contribution is 5.97. The molecule has 3 amide bonds. The molecule has 0 radical (unpaired) electrons. The number of ether oxygens (including phenoxy) is 1. The van der Waals surface area contributed by atoms with Gasteiger partial charge in [-0.1, -0.05) is 55.3 Å². The van der Waals surface area contributed by atoms with Crippen LogP contribution in [-0.4, -0.2) is 95.7 Å². The van der Waals surface area contributed by atoms with Crippen molar-refractivity contribution in [2.75, 3.05) is 38.6 Å². The molecule has 3 heterocycles. The average Bonchev–Trinajstić information content (AvgIpc) is 3.40. The molecule has 3 aliphatic heterocycles. The van der Waals surface area contributed by atoms with Gasteiger partial charge in [0.15, 0.2) is 0 Å². The number of carbonyl (C=O) groups is 4. The fraction of sp³-hybridized carbons (Fsp3) is 0.579. The molecule has 2 aromatic carbocycles. The van der Waals surface area contributed by atoms with Gasteiger partial charge in [-0.2, -0.15) is 0 Å². The average molecular weight is 674 g/mol. The van der Waals surface area contributed by atoms with Gasteiger partial charge in [0.25, 0.3) is 0 Å². The monoisotopic (exact) mass is 673 g/mol. The lowest BCUT2D eigenvalue weighted by Crippen LogP contribution is -2.58. The van der Waals surface area contributed by atoms with Crippen LogP contribution in [0, 0.1) is 17.8 Å². The first-order valence-corrected chi connectivity index (χ1v) is 17.7. The molecule has 1 saturated carbocycles. The number of anilines is 1. The Balaban J connectivity index is 1.28. The van der Waals surface area contributed by atoms with E-state index in [9.17, 15) is 24.3 Å². The zero-order chi connectivity index (χ0) is 35.1. The van der Waals surface area contributed by atoms with Crippen molar-refractivity contribution in [2.45, 2.75) is 89.1 Å². The molecule has 11 nitrogen and oxygen atoms in total. The lowest BCUT2D eigenvalue weighted by atomic mass is 9.93. The van der Waals surface area contributed by atoms with E-state index in [1.807, 2.05) is 32.3 Å². The third-order valence-electron chi connectivity index (χ3n) is 10.6. The number of aliphatic carboxylic acids is 1. The quantitative estimate of drug-likeness (QED) is 0.395. The summed E-state index contributed by atoms with van der Waals surface area (Å²) in [6.45, 7) is 7.65. The fourth-order valence-electron chi connectivity index (χ4n) is 8.16. The van der Waals surface area contributed by atoms with Gasteiger partial charge in [0, 0.05) is 63.2 Å². The zero-order valence-corrected chi connectivity index (χ0v) is 29.4. The SMILES string of the molecule is CN(C)c1ccc(CN2C[C@H]3CN4C(=O)[C@H](NC(=O)OC(C)(C)C)CCCCC/C=C\[C@H]5C[C@@]5(C(=O)O)NC(=O)[C@@H]4[C@H]3C2)c2ccccc12. The molecule has 3 N–H and O–H groups in total. The van der Waals surface area contributed by atoms with Gasteiger partial charge in [0.05, 0.1) is 0 Å². The van der Waals surface area contributed by atoms with E-state index in [-0.39, 0.29) is 23.7 Å². The number of carbonyl (C=O) groups excluding carboxylic acids is 3. The van der Waals surface area contributed by atoms with Crippen molar-refractivity contribution in [1.29, 1.82) is 0 Å². The number of fused-ring (bicyclic) bond motifs is 5. The minimum atomic E-state index is -1.37. The number of nitrogens with one attached hydrogen (secondary N) is 2. The molecule has 0 bridgehead atoms. The Morgan fingerprint density at radius 1 is 1.04 bits per heavy atom. The van der Waals surface area contributed by atoms with Gasteiger partial charge < -0.3 is 30.3 Å². The second-order valence-electron chi connectivity index (χ2n) is 15.6. The Kier molecular flexibility index (Phi) is 9.68. The highest BCUT2D eigenvalue weighted by Gasteiger charge is 2.62. The Morgan fingerprint density at radius 2 is 1.80 bits per heavy atom. The van der Waals surface area contributed by atoms with Crippen molar-refractivity contribution in [1.82, 2.24) is 20.4 Å². The van der Waals surface area contributed by atoms with Crippen LogP contribution in [0.5, 0.6) is 0 Å². The standard InChI is InChI=1S/C38H51N5O6/c1-37(2,3)49-36(48)39-30-16-10-8-6-7-9-13-26-19-38(26,35(46)47)40-33(44)32-29-23-42(21-25(29)22-43(32)34(30)45)20-24-17-18-31(41(4)5)28-15-12-11-14-27(24)28/h9,11-15,17-18,25-26,29-30,32H,6-8,10,16,19-23H2,1-5H3,(H,39,48)(H,40,44)(H,46,47)/b13-9-/t25-,26-,29-,30+,32-,38+/m0/s1. The van der Waals surface area contributed by atoms with Gasteiger partial charge >= 0.3 is 12.1 Å². The van der Waals surface area contributed by atoms with E-state index in [4.69, 9.17) is 4.74 Å². The van der Waals surface area contributed by atoms with Crippen molar-refractivity contribution < 1.29 is 29.0 Å². The van der Waals surface area contributed by atoms with E-state index in [0.29, 0.717) is 45.4 Å². The number of likely N-dealkylation sites (tertiary alicyclic amines) is 1. The predicted molar refractivity (Wildman–Crippen MR) is 188 cm³/mol. The van der Waals surface area contributed by atoms with Crippen LogP contribution in [0.4, 0.5) is 10.5 Å². The minimum absolute atomic E-state index is 0.0174. The Hall–Kier alpha value is -4.12. The van der Waals surface area contributed by atoms with Crippen LogP contribution in [0.1, 0.15) is 64.9 Å². The van der Waals surface area contributed by atoms with Gasteiger partial charge in [0.2, 0.25) is 11.8 Å². The number of carboxylic acid groups (broad SMARTS) is 1. The number of hydrogen-bond donors (Lipinski definition) is 3. The number of rotatable bonds is 5. The van der Waals surface area contributed by atoms with Crippen molar-refractivity contribution >= 4 is 40.3 Å². The molecule has 0 aromatic heterocycles. The normalized spacial score (nSPS) is 29.9. The minimum Gasteiger partial charge on any atom is -0.479 e. The van der Waals surface area contributed by atoms with E-state index in [1.54, 1.807) is 25.7 Å². The summed E-state index contributed by atoms with van der Waals surface area (Å²) in [6.07, 6.45) is 7.22. The Morgan fingerprint density at radius 3 is 2.51 bits per heavy atom. The highest BCUT2D eigenvalue weighted by atomic mass is 16.6. The number of alkyl carbamates (subject to hydrolysis) is 1. The number of carboxylic acids is 1. The molecule has 6 rings (SSSR count). The summed E-state index contributed by atoms with van der Waals surface area (Å²) in [5.74, 6) is -2.27. The number of hydrogen-bond acceptors (Lipinski definition) is 7. The maximum Gasteiger partial charge on any atom is 0.408 e. The number of nitrogens with zero attached hydrogens (tertiary/aromatic N) is 3. The van der Waals surface area contributed by atoms with Crippen LogP contribution in [-0.2, 0) is 25.7 Å². The molecule has 264 valence electrons. The zero-order valence-electron chi connectivity index (χ0n) is 29.4. The number of amides is 3. The van der Waals surface area contributed by atoms with Gasteiger partial charge in [-0.05, 0) is 69.4 Å². The molecule has 11 heteroatoms. The molecule has 6 atom stereocenters. The van der Waals surface area contributed by atoms with Crippen LogP contribution in [0.15, 0.2) is 48.6 Å². The summed E-state index contributed by atoms with van der Waals surface area (Å²) in [7, 11) is 4.08. The molecule has 0 spiro atoms. The largest absolute Gasteiger partial charge is 0.479 e. The highest BCUT2D eigenvalue weighted by Crippen LogP contribution is 2.46. The van der Waals surface area contributed by atoms with Crippen molar-refractivity contribution in [3.8, 4) is 0 Å². The summed E-state index contributed by atoms with van der Waals surface area (Å²) in [6, 6.07) is 11.0. The third kappa shape index (κ3) is 7.27. The van der Waals surface area contributed by atoms with Gasteiger partial charge in [-0.25, -0.2) is 9.59 Å². The first-order valence-electron chi connectivity index (χ1n) is 17.7. The second-order valence-corrected chi connectivity index (χ2v) is 15.6. The number of benzene rings is 2. The molecular weight excluding hydrogens is 622 g/mol. The van der Waals surface area contributed by atoms with Gasteiger partial charge in [-0.3, -0.25) is 14.5 Å². The molecule has 2 saturated heterocycles.